The van der Waals surface area contributed by atoms with Gasteiger partial charge in [-0.05, 0) is 26.0 Å². The summed E-state index contributed by atoms with van der Waals surface area (Å²) in [6.07, 6.45) is 0.960. The second-order valence-corrected chi connectivity index (χ2v) is 4.99. The van der Waals surface area contributed by atoms with Gasteiger partial charge in [-0.25, -0.2) is 4.98 Å². The van der Waals surface area contributed by atoms with Crippen molar-refractivity contribution in [3.63, 3.8) is 0 Å². The van der Waals surface area contributed by atoms with E-state index >= 15 is 0 Å². The minimum Gasteiger partial charge on any atom is -0.470 e. The largest absolute Gasteiger partial charge is 0.470 e. The summed E-state index contributed by atoms with van der Waals surface area (Å²) in [6.45, 7) is 3.67. The monoisotopic (exact) mass is 318 g/mol. The van der Waals surface area contributed by atoms with Crippen LogP contribution in [0.15, 0.2) is 24.5 Å². The van der Waals surface area contributed by atoms with Gasteiger partial charge in [0.05, 0.1) is 11.0 Å². The van der Waals surface area contributed by atoms with Crippen LogP contribution in [0.1, 0.15) is 13.8 Å². The number of nitrogens with one attached hydrogen (secondary N) is 1. The molecule has 120 valence electrons. The number of fused-ring (bicyclic) bond motifs is 1. The molecule has 0 spiro atoms. The van der Waals surface area contributed by atoms with Crippen LogP contribution in [-0.4, -0.2) is 27.8 Å². The lowest BCUT2D eigenvalue weighted by Crippen LogP contribution is -2.10. The first kappa shape index (κ1) is 14.8. The van der Waals surface area contributed by atoms with Gasteiger partial charge in [-0.1, -0.05) is 0 Å². The van der Waals surface area contributed by atoms with Crippen molar-refractivity contribution in [2.75, 3.05) is 12.1 Å². The average molecular weight is 318 g/mol. The fourth-order valence-electron chi connectivity index (χ4n) is 2.04. The standard InChI is InChI=1S/C14H14N4O5/c1-8(2)23-14-12(18(19)20)13(15-6-16-14)17-9-3-4-10-11(5-9)22-7-21-10/h3-6,8H,7H2,1-2H3,(H,15,16,17). The van der Waals surface area contributed by atoms with Gasteiger partial charge in [0, 0.05) is 11.8 Å². The Hall–Kier alpha value is -3.10. The van der Waals surface area contributed by atoms with Crippen molar-refractivity contribution >= 4 is 17.2 Å². The van der Waals surface area contributed by atoms with Gasteiger partial charge in [0.1, 0.15) is 6.33 Å². The first-order valence-electron chi connectivity index (χ1n) is 6.87. The van der Waals surface area contributed by atoms with E-state index in [0.29, 0.717) is 17.2 Å². The van der Waals surface area contributed by atoms with E-state index in [0.717, 1.165) is 0 Å². The zero-order chi connectivity index (χ0) is 16.4. The average Bonchev–Trinajstić information content (AvgIpc) is 2.94. The Morgan fingerprint density at radius 1 is 1.30 bits per heavy atom. The van der Waals surface area contributed by atoms with E-state index in [1.807, 2.05) is 0 Å². The number of anilines is 2. The quantitative estimate of drug-likeness (QED) is 0.662. The number of nitrogens with zero attached hydrogens (tertiary/aromatic N) is 3. The molecular formula is C14H14N4O5. The minimum atomic E-state index is -0.576. The molecule has 0 fully saturated rings. The van der Waals surface area contributed by atoms with Crippen LogP contribution in [0.4, 0.5) is 17.2 Å². The van der Waals surface area contributed by atoms with Gasteiger partial charge >= 0.3 is 5.69 Å². The lowest BCUT2D eigenvalue weighted by molar-refractivity contribution is -0.385. The summed E-state index contributed by atoms with van der Waals surface area (Å²) in [7, 11) is 0. The third kappa shape index (κ3) is 3.07. The normalized spacial score (nSPS) is 12.3. The third-order valence-electron chi connectivity index (χ3n) is 2.95. The highest BCUT2D eigenvalue weighted by atomic mass is 16.7. The molecule has 3 rings (SSSR count). The molecule has 1 aromatic carbocycles. The summed E-state index contributed by atoms with van der Waals surface area (Å²) in [5.41, 5.74) is 0.255. The molecule has 9 nitrogen and oxygen atoms in total. The summed E-state index contributed by atoms with van der Waals surface area (Å²) in [4.78, 5) is 18.6. The number of ether oxygens (including phenoxy) is 3. The SMILES string of the molecule is CC(C)Oc1ncnc(Nc2ccc3c(c2)OCO3)c1[N+](=O)[O-]. The van der Waals surface area contributed by atoms with Crippen molar-refractivity contribution in [2.45, 2.75) is 20.0 Å². The van der Waals surface area contributed by atoms with Crippen LogP contribution >= 0.6 is 0 Å². The maximum atomic E-state index is 11.4. The smallest absolute Gasteiger partial charge is 0.373 e. The van der Waals surface area contributed by atoms with Crippen LogP contribution < -0.4 is 19.5 Å². The number of aromatic nitrogens is 2. The van der Waals surface area contributed by atoms with Crippen LogP contribution in [-0.2, 0) is 0 Å². The number of hydrogen-bond acceptors (Lipinski definition) is 8. The van der Waals surface area contributed by atoms with Gasteiger partial charge in [0.25, 0.3) is 5.88 Å². The Labute approximate surface area is 131 Å². The molecule has 0 aliphatic carbocycles. The van der Waals surface area contributed by atoms with Crippen molar-refractivity contribution in [3.05, 3.63) is 34.6 Å². The Bertz CT molecular complexity index is 750. The van der Waals surface area contributed by atoms with Gasteiger partial charge < -0.3 is 19.5 Å². The number of nitro groups is 1. The fraction of sp³-hybridized carbons (Fsp3) is 0.286. The molecule has 1 aliphatic rings. The highest BCUT2D eigenvalue weighted by Crippen LogP contribution is 2.37. The van der Waals surface area contributed by atoms with Gasteiger partial charge in [0.2, 0.25) is 12.6 Å². The van der Waals surface area contributed by atoms with Crippen molar-refractivity contribution in [3.8, 4) is 17.4 Å². The molecule has 0 saturated carbocycles. The molecule has 0 saturated heterocycles. The lowest BCUT2D eigenvalue weighted by Gasteiger charge is -2.11. The van der Waals surface area contributed by atoms with Crippen LogP contribution in [0, 0.1) is 10.1 Å². The number of rotatable bonds is 5. The maximum Gasteiger partial charge on any atom is 0.373 e. The predicted octanol–water partition coefficient (Wildman–Crippen LogP) is 2.64. The van der Waals surface area contributed by atoms with E-state index in [1.54, 1.807) is 32.0 Å². The molecule has 0 atom stereocenters. The molecule has 0 amide bonds. The molecule has 0 bridgehead atoms. The summed E-state index contributed by atoms with van der Waals surface area (Å²) >= 11 is 0. The van der Waals surface area contributed by atoms with Crippen molar-refractivity contribution in [1.82, 2.24) is 9.97 Å². The molecule has 2 heterocycles. The fourth-order valence-corrected chi connectivity index (χ4v) is 2.04. The summed E-state index contributed by atoms with van der Waals surface area (Å²) in [5, 5.41) is 14.3. The molecular weight excluding hydrogens is 304 g/mol. The van der Waals surface area contributed by atoms with Crippen LogP contribution in [0.3, 0.4) is 0 Å². The van der Waals surface area contributed by atoms with Crippen molar-refractivity contribution in [1.29, 1.82) is 0 Å². The molecule has 0 radical (unpaired) electrons. The predicted molar refractivity (Wildman–Crippen MR) is 80.3 cm³/mol. The Morgan fingerprint density at radius 3 is 2.83 bits per heavy atom. The molecule has 1 N–H and O–H groups in total. The van der Waals surface area contributed by atoms with Gasteiger partial charge in [0.15, 0.2) is 11.5 Å². The second kappa shape index (κ2) is 5.95. The summed E-state index contributed by atoms with van der Waals surface area (Å²) < 4.78 is 15.9. The van der Waals surface area contributed by atoms with E-state index < -0.39 is 4.92 Å². The molecule has 9 heteroatoms. The van der Waals surface area contributed by atoms with E-state index in [1.165, 1.54) is 6.33 Å². The summed E-state index contributed by atoms with van der Waals surface area (Å²) in [5.74, 6) is 1.14. The van der Waals surface area contributed by atoms with E-state index in [-0.39, 0.29) is 30.3 Å². The molecule has 1 aromatic heterocycles. The highest BCUT2D eigenvalue weighted by molar-refractivity contribution is 5.70. The molecule has 2 aromatic rings. The number of hydrogen-bond donors (Lipinski definition) is 1. The number of benzene rings is 1. The first-order chi connectivity index (χ1) is 11.0. The summed E-state index contributed by atoms with van der Waals surface area (Å²) in [6, 6.07) is 5.10. The minimum absolute atomic E-state index is 0.0412. The zero-order valence-corrected chi connectivity index (χ0v) is 12.5. The molecule has 23 heavy (non-hydrogen) atoms. The van der Waals surface area contributed by atoms with Gasteiger partial charge in [-0.15, -0.1) is 0 Å². The first-order valence-corrected chi connectivity index (χ1v) is 6.87. The molecule has 1 aliphatic heterocycles. The van der Waals surface area contributed by atoms with E-state index in [4.69, 9.17) is 14.2 Å². The van der Waals surface area contributed by atoms with Crippen LogP contribution in [0.2, 0.25) is 0 Å². The van der Waals surface area contributed by atoms with Crippen LogP contribution in [0.5, 0.6) is 17.4 Å². The van der Waals surface area contributed by atoms with Crippen LogP contribution in [0.25, 0.3) is 0 Å². The van der Waals surface area contributed by atoms with Crippen molar-refractivity contribution in [2.24, 2.45) is 0 Å². The third-order valence-corrected chi connectivity index (χ3v) is 2.95. The Kier molecular flexibility index (Phi) is 3.83. The Morgan fingerprint density at radius 2 is 2.09 bits per heavy atom. The van der Waals surface area contributed by atoms with Gasteiger partial charge in [-0.3, -0.25) is 10.1 Å². The lowest BCUT2D eigenvalue weighted by atomic mass is 10.2. The maximum absolute atomic E-state index is 11.4. The highest BCUT2D eigenvalue weighted by Gasteiger charge is 2.25. The second-order valence-electron chi connectivity index (χ2n) is 4.99. The Balaban J connectivity index is 1.94. The van der Waals surface area contributed by atoms with E-state index in [9.17, 15) is 10.1 Å². The van der Waals surface area contributed by atoms with E-state index in [2.05, 4.69) is 15.3 Å². The topological polar surface area (TPSA) is 109 Å². The van der Waals surface area contributed by atoms with Gasteiger partial charge in [-0.2, -0.15) is 4.98 Å². The molecule has 0 unspecified atom stereocenters. The zero-order valence-electron chi connectivity index (χ0n) is 12.5. The van der Waals surface area contributed by atoms with Crippen molar-refractivity contribution < 1.29 is 19.1 Å².